The molecule has 2 aromatic carbocycles. The molecule has 0 unspecified atom stereocenters. The third kappa shape index (κ3) is 2.86. The first-order valence-corrected chi connectivity index (χ1v) is 6.98. The van der Waals surface area contributed by atoms with Crippen LogP contribution in [-0.2, 0) is 0 Å². The summed E-state index contributed by atoms with van der Waals surface area (Å²) in [5.41, 5.74) is 2.87. The van der Waals surface area contributed by atoms with Gasteiger partial charge in [-0.2, -0.15) is 0 Å². The first-order chi connectivity index (χ1) is 10.8. The second kappa shape index (κ2) is 6.18. The fourth-order valence-electron chi connectivity index (χ4n) is 2.15. The molecule has 4 nitrogen and oxygen atoms in total. The summed E-state index contributed by atoms with van der Waals surface area (Å²) >= 11 is 0. The maximum absolute atomic E-state index is 12.4. The molecule has 0 spiro atoms. The van der Waals surface area contributed by atoms with E-state index in [0.717, 1.165) is 16.9 Å². The molecule has 0 bridgehead atoms. The largest absolute Gasteiger partial charge is 0.310 e. The van der Waals surface area contributed by atoms with Crippen LogP contribution in [0.15, 0.2) is 72.8 Å². The molecule has 108 valence electrons. The van der Waals surface area contributed by atoms with Gasteiger partial charge in [0, 0.05) is 18.3 Å². The Bertz CT molecular complexity index is 755. The minimum Gasteiger partial charge on any atom is -0.310 e. The van der Waals surface area contributed by atoms with E-state index in [1.54, 1.807) is 18.0 Å². The number of benzene rings is 2. The van der Waals surface area contributed by atoms with Crippen molar-refractivity contribution in [3.05, 3.63) is 78.5 Å². The predicted octanol–water partition coefficient (Wildman–Crippen LogP) is 3.42. The van der Waals surface area contributed by atoms with Crippen LogP contribution in [0.3, 0.4) is 0 Å². The van der Waals surface area contributed by atoms with E-state index in [0.29, 0.717) is 5.69 Å². The van der Waals surface area contributed by atoms with E-state index in [-0.39, 0.29) is 5.91 Å². The summed E-state index contributed by atoms with van der Waals surface area (Å²) in [5.74, 6) is -0.182. The number of rotatable bonds is 3. The molecule has 1 amide bonds. The number of hydrogen-bond donors (Lipinski definition) is 0. The van der Waals surface area contributed by atoms with E-state index in [4.69, 9.17) is 0 Å². The molecule has 0 atom stereocenters. The van der Waals surface area contributed by atoms with Gasteiger partial charge >= 0.3 is 0 Å². The van der Waals surface area contributed by atoms with Crippen LogP contribution in [0.25, 0.3) is 11.3 Å². The SMILES string of the molecule is CN(C(=O)c1ccc(-c2ccccc2)nn1)c1ccccc1. The van der Waals surface area contributed by atoms with Gasteiger partial charge in [0.05, 0.1) is 5.69 Å². The van der Waals surface area contributed by atoms with Crippen molar-refractivity contribution in [2.24, 2.45) is 0 Å². The summed E-state index contributed by atoms with van der Waals surface area (Å²) in [7, 11) is 1.73. The topological polar surface area (TPSA) is 46.1 Å². The molecule has 0 N–H and O–H groups in total. The van der Waals surface area contributed by atoms with E-state index >= 15 is 0 Å². The van der Waals surface area contributed by atoms with Crippen LogP contribution < -0.4 is 4.90 Å². The Morgan fingerprint density at radius 2 is 1.45 bits per heavy atom. The van der Waals surface area contributed by atoms with Gasteiger partial charge in [0.15, 0.2) is 5.69 Å². The molecule has 4 heteroatoms. The molecular weight excluding hydrogens is 274 g/mol. The molecule has 0 radical (unpaired) electrons. The van der Waals surface area contributed by atoms with Crippen molar-refractivity contribution in [3.8, 4) is 11.3 Å². The molecule has 0 saturated heterocycles. The van der Waals surface area contributed by atoms with Crippen molar-refractivity contribution in [2.75, 3.05) is 11.9 Å². The quantitative estimate of drug-likeness (QED) is 0.742. The first kappa shape index (κ1) is 13.9. The molecule has 0 saturated carbocycles. The summed E-state index contributed by atoms with van der Waals surface area (Å²) in [5, 5.41) is 8.21. The summed E-state index contributed by atoms with van der Waals surface area (Å²) in [6.45, 7) is 0. The number of nitrogens with zero attached hydrogens (tertiary/aromatic N) is 3. The molecule has 3 rings (SSSR count). The minimum atomic E-state index is -0.182. The zero-order valence-corrected chi connectivity index (χ0v) is 12.2. The normalized spacial score (nSPS) is 10.2. The van der Waals surface area contributed by atoms with Crippen LogP contribution in [0.1, 0.15) is 10.5 Å². The Hall–Kier alpha value is -3.01. The lowest BCUT2D eigenvalue weighted by Gasteiger charge is -2.16. The number of carbonyl (C=O) groups excluding carboxylic acids is 1. The van der Waals surface area contributed by atoms with E-state index in [2.05, 4.69) is 10.2 Å². The summed E-state index contributed by atoms with van der Waals surface area (Å²) in [6, 6.07) is 22.7. The molecule has 1 heterocycles. The number of amides is 1. The lowest BCUT2D eigenvalue weighted by Crippen LogP contribution is -2.27. The number of aromatic nitrogens is 2. The average molecular weight is 289 g/mol. The highest BCUT2D eigenvalue weighted by atomic mass is 16.2. The van der Waals surface area contributed by atoms with Crippen LogP contribution in [0.4, 0.5) is 5.69 Å². The standard InChI is InChI=1S/C18H15N3O/c1-21(15-10-6-3-7-11-15)18(22)17-13-12-16(19-20-17)14-8-4-2-5-9-14/h2-13H,1H3. The monoisotopic (exact) mass is 289 g/mol. The highest BCUT2D eigenvalue weighted by Crippen LogP contribution is 2.17. The molecule has 1 aromatic heterocycles. The van der Waals surface area contributed by atoms with E-state index in [1.807, 2.05) is 66.7 Å². The minimum absolute atomic E-state index is 0.182. The van der Waals surface area contributed by atoms with Crippen LogP contribution in [0, 0.1) is 0 Å². The van der Waals surface area contributed by atoms with Gasteiger partial charge in [-0.1, -0.05) is 48.5 Å². The van der Waals surface area contributed by atoms with Gasteiger partial charge in [0.1, 0.15) is 0 Å². The second-order valence-electron chi connectivity index (χ2n) is 4.87. The van der Waals surface area contributed by atoms with Gasteiger partial charge in [0.25, 0.3) is 5.91 Å². The lowest BCUT2D eigenvalue weighted by molar-refractivity contribution is 0.0987. The van der Waals surface area contributed by atoms with Gasteiger partial charge < -0.3 is 4.90 Å². The lowest BCUT2D eigenvalue weighted by atomic mass is 10.1. The maximum Gasteiger partial charge on any atom is 0.278 e. The highest BCUT2D eigenvalue weighted by Gasteiger charge is 2.15. The highest BCUT2D eigenvalue weighted by molar-refractivity contribution is 6.04. The smallest absolute Gasteiger partial charge is 0.278 e. The fourth-order valence-corrected chi connectivity index (χ4v) is 2.15. The first-order valence-electron chi connectivity index (χ1n) is 6.98. The molecule has 0 aliphatic heterocycles. The van der Waals surface area contributed by atoms with Crippen molar-refractivity contribution in [2.45, 2.75) is 0 Å². The Balaban J connectivity index is 1.82. The van der Waals surface area contributed by atoms with Crippen molar-refractivity contribution in [1.82, 2.24) is 10.2 Å². The summed E-state index contributed by atoms with van der Waals surface area (Å²) in [6.07, 6.45) is 0. The number of anilines is 1. The van der Waals surface area contributed by atoms with Gasteiger partial charge in [-0.3, -0.25) is 4.79 Å². The van der Waals surface area contributed by atoms with Crippen molar-refractivity contribution < 1.29 is 4.79 Å². The number of para-hydroxylation sites is 1. The Kier molecular flexibility index (Phi) is 3.92. The van der Waals surface area contributed by atoms with Gasteiger partial charge in [-0.25, -0.2) is 0 Å². The van der Waals surface area contributed by atoms with Crippen LogP contribution in [0.2, 0.25) is 0 Å². The fraction of sp³-hybridized carbons (Fsp3) is 0.0556. The Labute approximate surface area is 129 Å². The maximum atomic E-state index is 12.4. The Morgan fingerprint density at radius 1 is 0.818 bits per heavy atom. The molecule has 0 aliphatic carbocycles. The molecular formula is C18H15N3O. The third-order valence-corrected chi connectivity index (χ3v) is 3.40. The molecule has 3 aromatic rings. The van der Waals surface area contributed by atoms with Crippen LogP contribution in [0.5, 0.6) is 0 Å². The molecule has 22 heavy (non-hydrogen) atoms. The predicted molar refractivity (Wildman–Crippen MR) is 86.6 cm³/mol. The zero-order valence-electron chi connectivity index (χ0n) is 12.2. The van der Waals surface area contributed by atoms with Crippen LogP contribution >= 0.6 is 0 Å². The number of hydrogen-bond acceptors (Lipinski definition) is 3. The van der Waals surface area contributed by atoms with Gasteiger partial charge in [0.2, 0.25) is 0 Å². The van der Waals surface area contributed by atoms with Crippen molar-refractivity contribution in [3.63, 3.8) is 0 Å². The third-order valence-electron chi connectivity index (χ3n) is 3.40. The summed E-state index contributed by atoms with van der Waals surface area (Å²) < 4.78 is 0. The van der Waals surface area contributed by atoms with Gasteiger partial charge in [-0.05, 0) is 24.3 Å². The average Bonchev–Trinajstić information content (AvgIpc) is 2.62. The second-order valence-corrected chi connectivity index (χ2v) is 4.87. The summed E-state index contributed by atoms with van der Waals surface area (Å²) in [4.78, 5) is 14.0. The molecule has 0 fully saturated rings. The Morgan fingerprint density at radius 3 is 2.05 bits per heavy atom. The van der Waals surface area contributed by atoms with Crippen molar-refractivity contribution in [1.29, 1.82) is 0 Å². The van der Waals surface area contributed by atoms with E-state index in [9.17, 15) is 4.79 Å². The van der Waals surface area contributed by atoms with Crippen molar-refractivity contribution >= 4 is 11.6 Å². The van der Waals surface area contributed by atoms with Gasteiger partial charge in [-0.15, -0.1) is 10.2 Å². The molecule has 0 aliphatic rings. The number of carbonyl (C=O) groups is 1. The zero-order chi connectivity index (χ0) is 15.4. The van der Waals surface area contributed by atoms with E-state index < -0.39 is 0 Å². The van der Waals surface area contributed by atoms with Crippen LogP contribution in [-0.4, -0.2) is 23.2 Å². The van der Waals surface area contributed by atoms with E-state index in [1.165, 1.54) is 0 Å².